The van der Waals surface area contributed by atoms with Gasteiger partial charge in [-0.2, -0.15) is 13.2 Å². The van der Waals surface area contributed by atoms with E-state index in [4.69, 9.17) is 4.74 Å². The van der Waals surface area contributed by atoms with E-state index in [2.05, 4.69) is 4.98 Å². The van der Waals surface area contributed by atoms with Crippen molar-refractivity contribution in [2.45, 2.75) is 19.0 Å². The molecule has 3 aromatic rings. The first-order valence-corrected chi connectivity index (χ1v) is 8.92. The molecule has 0 aliphatic carbocycles. The third-order valence-corrected chi connectivity index (χ3v) is 4.91. The van der Waals surface area contributed by atoms with Crippen LogP contribution in [-0.4, -0.2) is 26.5 Å². The summed E-state index contributed by atoms with van der Waals surface area (Å²) in [6.07, 6.45) is -3.61. The minimum Gasteiger partial charge on any atom is -0.472 e. The second-order valence-corrected chi connectivity index (χ2v) is 7.23. The maximum atomic E-state index is 13.0. The molecule has 0 aliphatic rings. The van der Waals surface area contributed by atoms with Crippen molar-refractivity contribution < 1.29 is 26.7 Å². The summed E-state index contributed by atoms with van der Waals surface area (Å²) in [5.41, 5.74) is -0.888. The van der Waals surface area contributed by atoms with Gasteiger partial charge in [0.05, 0.1) is 11.1 Å². The zero-order valence-electron chi connectivity index (χ0n) is 14.5. The maximum absolute atomic E-state index is 13.0. The Bertz CT molecular complexity index is 1100. The highest BCUT2D eigenvalue weighted by molar-refractivity contribution is 14.1. The lowest BCUT2D eigenvalue weighted by molar-refractivity contribution is -0.137. The fraction of sp³-hybridized carbons (Fsp3) is 0.294. The molecule has 0 amide bonds. The van der Waals surface area contributed by atoms with Crippen molar-refractivity contribution in [2.75, 3.05) is 6.61 Å². The molecule has 5 nitrogen and oxygen atoms in total. The van der Waals surface area contributed by atoms with E-state index < -0.39 is 29.8 Å². The lowest BCUT2D eigenvalue weighted by atomic mass is 10.2. The standard InChI is InChI=1S/C17H13F5IN3O2/c1-16(18,19)8-28-12-6-4-10(15(27)25(12)2)13-14(23)26-7-9(17(20,21)22)3-5-11(26)24-13/h3-7H,8H2,1-2H3. The molecule has 11 heteroatoms. The zero-order chi connectivity index (χ0) is 20.9. The van der Waals surface area contributed by atoms with Gasteiger partial charge >= 0.3 is 6.18 Å². The fourth-order valence-corrected chi connectivity index (χ4v) is 3.30. The third kappa shape index (κ3) is 3.98. The highest BCUT2D eigenvalue weighted by atomic mass is 127. The van der Waals surface area contributed by atoms with E-state index in [0.29, 0.717) is 10.6 Å². The minimum atomic E-state index is -4.52. The number of halogens is 6. The average molecular weight is 513 g/mol. The number of imidazole rings is 1. The first-order valence-electron chi connectivity index (χ1n) is 7.84. The molecule has 3 rings (SSSR count). The number of aromatic nitrogens is 3. The van der Waals surface area contributed by atoms with Gasteiger partial charge in [-0.1, -0.05) is 0 Å². The molecule has 0 aliphatic heterocycles. The van der Waals surface area contributed by atoms with Crippen molar-refractivity contribution in [1.82, 2.24) is 14.0 Å². The van der Waals surface area contributed by atoms with Crippen LogP contribution < -0.4 is 10.3 Å². The number of rotatable bonds is 4. The zero-order valence-corrected chi connectivity index (χ0v) is 16.7. The van der Waals surface area contributed by atoms with Crippen molar-refractivity contribution in [2.24, 2.45) is 7.05 Å². The molecule has 0 spiro atoms. The van der Waals surface area contributed by atoms with Gasteiger partial charge in [0.25, 0.3) is 11.5 Å². The summed E-state index contributed by atoms with van der Waals surface area (Å²) in [7, 11) is 1.35. The molecule has 28 heavy (non-hydrogen) atoms. The molecular weight excluding hydrogens is 500 g/mol. The van der Waals surface area contributed by atoms with E-state index in [1.807, 2.05) is 0 Å². The minimum absolute atomic E-state index is 0.0617. The number of pyridine rings is 2. The maximum Gasteiger partial charge on any atom is 0.417 e. The number of hydrogen-bond donors (Lipinski definition) is 0. The summed E-state index contributed by atoms with van der Waals surface area (Å²) >= 11 is 1.80. The molecule has 0 radical (unpaired) electrons. The van der Waals surface area contributed by atoms with Crippen LogP contribution in [-0.2, 0) is 13.2 Å². The van der Waals surface area contributed by atoms with E-state index >= 15 is 0 Å². The molecule has 0 bridgehead atoms. The van der Waals surface area contributed by atoms with Crippen LogP contribution in [0.25, 0.3) is 16.9 Å². The summed E-state index contributed by atoms with van der Waals surface area (Å²) in [4.78, 5) is 16.9. The molecule has 150 valence electrons. The van der Waals surface area contributed by atoms with Crippen molar-refractivity contribution in [1.29, 1.82) is 0 Å². The second kappa shape index (κ2) is 7.01. The van der Waals surface area contributed by atoms with Crippen molar-refractivity contribution in [3.8, 4) is 17.1 Å². The van der Waals surface area contributed by atoms with E-state index in [0.717, 1.165) is 16.8 Å². The first kappa shape index (κ1) is 20.6. The first-order chi connectivity index (χ1) is 12.9. The van der Waals surface area contributed by atoms with E-state index in [1.165, 1.54) is 29.6 Å². The van der Waals surface area contributed by atoms with Crippen LogP contribution in [0.15, 0.2) is 35.3 Å². The highest BCUT2D eigenvalue weighted by Crippen LogP contribution is 2.31. The Balaban J connectivity index is 2.06. The SMILES string of the molecule is Cn1c(OCC(C)(F)F)ccc(-c2nc3ccc(C(F)(F)F)cn3c2I)c1=O. The summed E-state index contributed by atoms with van der Waals surface area (Å²) < 4.78 is 72.3. The Morgan fingerprint density at radius 1 is 1.14 bits per heavy atom. The van der Waals surface area contributed by atoms with Gasteiger partial charge < -0.3 is 4.74 Å². The Labute approximate surface area is 168 Å². The molecule has 0 fully saturated rings. The monoisotopic (exact) mass is 513 g/mol. The van der Waals surface area contributed by atoms with Crippen molar-refractivity contribution >= 4 is 28.2 Å². The van der Waals surface area contributed by atoms with Crippen molar-refractivity contribution in [3.05, 3.63) is 50.1 Å². The average Bonchev–Trinajstić information content (AvgIpc) is 2.91. The summed E-state index contributed by atoms with van der Waals surface area (Å²) in [6, 6.07) is 4.80. The summed E-state index contributed by atoms with van der Waals surface area (Å²) in [5, 5.41) is 0. The number of fused-ring (bicyclic) bond motifs is 1. The summed E-state index contributed by atoms with van der Waals surface area (Å²) in [5.74, 6) is -3.13. The number of nitrogens with zero attached hydrogens (tertiary/aromatic N) is 3. The normalized spacial score (nSPS) is 12.6. The van der Waals surface area contributed by atoms with Gasteiger partial charge in [0.15, 0.2) is 12.5 Å². The van der Waals surface area contributed by atoms with Crippen LogP contribution in [0.3, 0.4) is 0 Å². The molecule has 0 saturated heterocycles. The van der Waals surface area contributed by atoms with Gasteiger partial charge in [-0.25, -0.2) is 13.8 Å². The van der Waals surface area contributed by atoms with Crippen LogP contribution in [0, 0.1) is 3.70 Å². The Kier molecular flexibility index (Phi) is 5.15. The lowest BCUT2D eigenvalue weighted by Gasteiger charge is -2.14. The molecular formula is C17H13F5IN3O2. The molecule has 0 N–H and O–H groups in total. The highest BCUT2D eigenvalue weighted by Gasteiger charge is 2.31. The second-order valence-electron chi connectivity index (χ2n) is 6.20. The third-order valence-electron chi connectivity index (χ3n) is 3.87. The van der Waals surface area contributed by atoms with Crippen LogP contribution in [0.2, 0.25) is 0 Å². The Hall–Kier alpha value is -2.18. The topological polar surface area (TPSA) is 48.5 Å². The Morgan fingerprint density at radius 2 is 1.82 bits per heavy atom. The molecule has 0 saturated carbocycles. The van der Waals surface area contributed by atoms with Crippen LogP contribution in [0.1, 0.15) is 12.5 Å². The number of hydrogen-bond acceptors (Lipinski definition) is 3. The van der Waals surface area contributed by atoms with Gasteiger partial charge in [0.2, 0.25) is 0 Å². The van der Waals surface area contributed by atoms with Crippen LogP contribution in [0.5, 0.6) is 5.88 Å². The molecule has 0 unspecified atom stereocenters. The van der Waals surface area contributed by atoms with E-state index in [-0.39, 0.29) is 22.8 Å². The molecule has 3 aromatic heterocycles. The molecule has 0 aromatic carbocycles. The Morgan fingerprint density at radius 3 is 2.43 bits per heavy atom. The largest absolute Gasteiger partial charge is 0.472 e. The number of ether oxygens (including phenoxy) is 1. The van der Waals surface area contributed by atoms with Gasteiger partial charge in [-0.3, -0.25) is 13.8 Å². The van der Waals surface area contributed by atoms with Crippen LogP contribution >= 0.6 is 22.6 Å². The fourth-order valence-electron chi connectivity index (χ4n) is 2.50. The molecule has 0 atom stereocenters. The van der Waals surface area contributed by atoms with Crippen LogP contribution in [0.4, 0.5) is 22.0 Å². The van der Waals surface area contributed by atoms with Gasteiger partial charge in [0.1, 0.15) is 15.0 Å². The predicted molar refractivity (Wildman–Crippen MR) is 99.7 cm³/mol. The smallest absolute Gasteiger partial charge is 0.417 e. The quantitative estimate of drug-likeness (QED) is 0.385. The van der Waals surface area contributed by atoms with E-state index in [1.54, 1.807) is 22.6 Å². The van der Waals surface area contributed by atoms with Gasteiger partial charge in [-0.05, 0) is 46.9 Å². The number of alkyl halides is 5. The van der Waals surface area contributed by atoms with E-state index in [9.17, 15) is 26.7 Å². The lowest BCUT2D eigenvalue weighted by Crippen LogP contribution is -2.26. The van der Waals surface area contributed by atoms with Crippen molar-refractivity contribution in [3.63, 3.8) is 0 Å². The van der Waals surface area contributed by atoms with Gasteiger partial charge in [-0.15, -0.1) is 0 Å². The summed E-state index contributed by atoms with van der Waals surface area (Å²) in [6.45, 7) is -0.209. The van der Waals surface area contributed by atoms with Gasteiger partial charge in [0, 0.05) is 20.2 Å². The molecule has 3 heterocycles. The predicted octanol–water partition coefficient (Wildman–Crippen LogP) is 4.36.